The molecule has 1 fully saturated rings. The topological polar surface area (TPSA) is 46.5 Å². The minimum Gasteiger partial charge on any atom is -0.495 e. The van der Waals surface area contributed by atoms with Crippen molar-refractivity contribution in [2.75, 3.05) is 7.11 Å². The fourth-order valence-corrected chi connectivity index (χ4v) is 4.54. The Morgan fingerprint density at radius 2 is 1.86 bits per heavy atom. The van der Waals surface area contributed by atoms with Crippen LogP contribution in [0.5, 0.6) is 5.75 Å². The Balaban J connectivity index is 2.20. The number of carboxylic acids is 1. The van der Waals surface area contributed by atoms with Crippen LogP contribution in [0.15, 0.2) is 6.07 Å². The van der Waals surface area contributed by atoms with E-state index in [4.69, 9.17) is 16.3 Å². The summed E-state index contributed by atoms with van der Waals surface area (Å²) < 4.78 is 5.58. The molecular weight excluding hydrogens is 300 g/mol. The van der Waals surface area contributed by atoms with Gasteiger partial charge in [0, 0.05) is 5.56 Å². The lowest BCUT2D eigenvalue weighted by atomic mass is 9.68. The summed E-state index contributed by atoms with van der Waals surface area (Å²) in [7, 11) is 1.60. The smallest absolute Gasteiger partial charge is 0.314 e. The number of carbonyl (C=O) groups is 1. The quantitative estimate of drug-likeness (QED) is 0.890. The van der Waals surface area contributed by atoms with Crippen molar-refractivity contribution in [1.82, 2.24) is 0 Å². The Hall–Kier alpha value is -1.22. The van der Waals surface area contributed by atoms with E-state index in [9.17, 15) is 9.90 Å². The van der Waals surface area contributed by atoms with Crippen LogP contribution in [0.2, 0.25) is 5.02 Å². The number of methoxy groups -OCH3 is 1. The van der Waals surface area contributed by atoms with Gasteiger partial charge >= 0.3 is 5.97 Å². The van der Waals surface area contributed by atoms with E-state index in [1.165, 1.54) is 5.56 Å². The van der Waals surface area contributed by atoms with Gasteiger partial charge in [0.1, 0.15) is 5.75 Å². The second-order valence-electron chi connectivity index (χ2n) is 6.56. The van der Waals surface area contributed by atoms with Crippen LogP contribution in [0.25, 0.3) is 0 Å². The highest BCUT2D eigenvalue weighted by Crippen LogP contribution is 2.48. The monoisotopic (exact) mass is 322 g/mol. The van der Waals surface area contributed by atoms with Gasteiger partial charge in [0.2, 0.25) is 0 Å². The fraction of sp³-hybridized carbons (Fsp3) is 0.611. The van der Waals surface area contributed by atoms with Crippen molar-refractivity contribution < 1.29 is 14.6 Å². The van der Waals surface area contributed by atoms with Crippen LogP contribution in [-0.2, 0) is 23.1 Å². The predicted molar refractivity (Wildman–Crippen MR) is 87.0 cm³/mol. The molecule has 1 N–H and O–H groups in total. The second-order valence-corrected chi connectivity index (χ2v) is 6.94. The third-order valence-corrected chi connectivity index (χ3v) is 5.77. The van der Waals surface area contributed by atoms with E-state index in [2.05, 4.69) is 6.07 Å². The maximum Gasteiger partial charge on any atom is 0.314 e. The number of hydrogen-bond acceptors (Lipinski definition) is 2. The van der Waals surface area contributed by atoms with Gasteiger partial charge in [-0.2, -0.15) is 0 Å². The molecule has 120 valence electrons. The summed E-state index contributed by atoms with van der Waals surface area (Å²) in [4.78, 5) is 12.1. The summed E-state index contributed by atoms with van der Waals surface area (Å²) in [5.74, 6) is -0.149. The number of ether oxygens (including phenoxy) is 1. The first kappa shape index (κ1) is 15.7. The normalized spacial score (nSPS) is 20.3. The van der Waals surface area contributed by atoms with Gasteiger partial charge in [-0.1, -0.05) is 36.9 Å². The van der Waals surface area contributed by atoms with Gasteiger partial charge in [-0.05, 0) is 49.7 Å². The second kappa shape index (κ2) is 6.11. The third-order valence-electron chi connectivity index (χ3n) is 5.37. The molecule has 1 aromatic rings. The lowest BCUT2D eigenvalue weighted by Gasteiger charge is -2.36. The van der Waals surface area contributed by atoms with Gasteiger partial charge in [-0.15, -0.1) is 0 Å². The highest BCUT2D eigenvalue weighted by atomic mass is 35.5. The number of aryl methyl sites for hydroxylation is 1. The Labute approximate surface area is 136 Å². The van der Waals surface area contributed by atoms with Crippen LogP contribution in [-0.4, -0.2) is 18.2 Å². The number of carboxylic acid groups (broad SMARTS) is 1. The number of fused-ring (bicyclic) bond motifs is 1. The molecule has 0 atom stereocenters. The van der Waals surface area contributed by atoms with Crippen LogP contribution in [0.3, 0.4) is 0 Å². The van der Waals surface area contributed by atoms with Crippen LogP contribution >= 0.6 is 11.6 Å². The SMILES string of the molecule is COc1c(C2(C(=O)O)CCCCC2)cc2c(c1Cl)CCCC2. The van der Waals surface area contributed by atoms with Crippen LogP contribution in [0.4, 0.5) is 0 Å². The Kier molecular flexibility index (Phi) is 4.35. The molecule has 0 bridgehead atoms. The summed E-state index contributed by atoms with van der Waals surface area (Å²) >= 11 is 6.60. The minimum absolute atomic E-state index is 0.589. The average molecular weight is 323 g/mol. The van der Waals surface area contributed by atoms with Crippen molar-refractivity contribution in [3.63, 3.8) is 0 Å². The molecule has 0 heterocycles. The van der Waals surface area contributed by atoms with Gasteiger partial charge in [0.15, 0.2) is 0 Å². The predicted octanol–water partition coefficient (Wildman–Crippen LogP) is 4.51. The summed E-state index contributed by atoms with van der Waals surface area (Å²) in [6, 6.07) is 2.08. The molecule has 22 heavy (non-hydrogen) atoms. The molecule has 3 nitrogen and oxygen atoms in total. The molecule has 1 saturated carbocycles. The first-order valence-electron chi connectivity index (χ1n) is 8.22. The molecule has 2 aliphatic carbocycles. The Bertz CT molecular complexity index is 588. The van der Waals surface area contributed by atoms with Crippen LogP contribution < -0.4 is 4.74 Å². The zero-order chi connectivity index (χ0) is 15.7. The van der Waals surface area contributed by atoms with E-state index in [1.54, 1.807) is 7.11 Å². The number of halogens is 1. The molecule has 0 amide bonds. The van der Waals surface area contributed by atoms with Crippen molar-refractivity contribution in [2.24, 2.45) is 0 Å². The highest BCUT2D eigenvalue weighted by molar-refractivity contribution is 6.33. The zero-order valence-corrected chi connectivity index (χ0v) is 13.8. The van der Waals surface area contributed by atoms with E-state index in [1.807, 2.05) is 0 Å². The first-order chi connectivity index (χ1) is 10.6. The molecule has 2 aliphatic rings. The van der Waals surface area contributed by atoms with Crippen LogP contribution in [0, 0.1) is 0 Å². The highest BCUT2D eigenvalue weighted by Gasteiger charge is 2.44. The van der Waals surface area contributed by atoms with E-state index >= 15 is 0 Å². The van der Waals surface area contributed by atoms with Crippen molar-refractivity contribution in [1.29, 1.82) is 0 Å². The Morgan fingerprint density at radius 1 is 1.18 bits per heavy atom. The maximum absolute atomic E-state index is 12.1. The van der Waals surface area contributed by atoms with E-state index in [0.29, 0.717) is 23.6 Å². The van der Waals surface area contributed by atoms with Crippen molar-refractivity contribution in [3.05, 3.63) is 27.8 Å². The molecule has 1 aromatic carbocycles. The number of benzene rings is 1. The summed E-state index contributed by atoms with van der Waals surface area (Å²) in [5, 5.41) is 10.6. The first-order valence-corrected chi connectivity index (χ1v) is 8.60. The summed E-state index contributed by atoms with van der Waals surface area (Å²) in [6.45, 7) is 0. The molecule has 0 saturated heterocycles. The standard InChI is InChI=1S/C18H23ClO3/c1-22-16-14(18(17(20)21)9-5-2-6-10-18)11-12-7-3-4-8-13(12)15(16)19/h11H,2-10H2,1H3,(H,20,21). The third kappa shape index (κ3) is 2.40. The molecule has 3 rings (SSSR count). The number of aliphatic carboxylic acids is 1. The molecule has 0 unspecified atom stereocenters. The fourth-order valence-electron chi connectivity index (χ4n) is 4.14. The molecule has 4 heteroatoms. The lowest BCUT2D eigenvalue weighted by Crippen LogP contribution is -2.38. The van der Waals surface area contributed by atoms with Crippen LogP contribution in [0.1, 0.15) is 61.6 Å². The van der Waals surface area contributed by atoms with Gasteiger partial charge in [0.05, 0.1) is 17.5 Å². The van der Waals surface area contributed by atoms with Gasteiger partial charge < -0.3 is 9.84 Å². The molecule has 0 radical (unpaired) electrons. The lowest BCUT2D eigenvalue weighted by molar-refractivity contribution is -0.145. The zero-order valence-electron chi connectivity index (χ0n) is 13.1. The minimum atomic E-state index is -0.834. The van der Waals surface area contributed by atoms with Gasteiger partial charge in [-0.3, -0.25) is 4.79 Å². The number of hydrogen-bond donors (Lipinski definition) is 1. The maximum atomic E-state index is 12.1. The number of rotatable bonds is 3. The van der Waals surface area contributed by atoms with Crippen molar-refractivity contribution in [2.45, 2.75) is 63.2 Å². The molecule has 0 aliphatic heterocycles. The summed E-state index contributed by atoms with van der Waals surface area (Å²) in [5.41, 5.74) is 2.34. The largest absolute Gasteiger partial charge is 0.495 e. The van der Waals surface area contributed by atoms with Gasteiger partial charge in [-0.25, -0.2) is 0 Å². The molecule has 0 spiro atoms. The van der Waals surface area contributed by atoms with Crippen molar-refractivity contribution >= 4 is 17.6 Å². The van der Waals surface area contributed by atoms with E-state index in [-0.39, 0.29) is 0 Å². The Morgan fingerprint density at radius 3 is 2.50 bits per heavy atom. The average Bonchev–Trinajstić information content (AvgIpc) is 2.55. The van der Waals surface area contributed by atoms with E-state index in [0.717, 1.165) is 56.1 Å². The summed E-state index contributed by atoms with van der Waals surface area (Å²) in [6.07, 6.45) is 8.59. The van der Waals surface area contributed by atoms with Gasteiger partial charge in [0.25, 0.3) is 0 Å². The molecule has 0 aromatic heterocycles. The molecular formula is C18H23ClO3. The van der Waals surface area contributed by atoms with Crippen molar-refractivity contribution in [3.8, 4) is 5.75 Å². The van der Waals surface area contributed by atoms with E-state index < -0.39 is 11.4 Å².